The fraction of sp³-hybridized carbons (Fsp3) is 0.561. The molecule has 3 saturated heterocycles. The first-order chi connectivity index (χ1) is 27.5. The fourth-order valence-corrected chi connectivity index (χ4v) is 9.33. The van der Waals surface area contributed by atoms with Crippen molar-refractivity contribution in [1.82, 2.24) is 25.5 Å². The molecule has 15 nitrogen and oxygen atoms in total. The van der Waals surface area contributed by atoms with Gasteiger partial charge in [0.1, 0.15) is 52.0 Å². The number of fused-ring (bicyclic) bond motifs is 3. The quantitative estimate of drug-likeness (QED) is 0.143. The van der Waals surface area contributed by atoms with Gasteiger partial charge >= 0.3 is 12.1 Å². The van der Waals surface area contributed by atoms with E-state index in [1.807, 2.05) is 40.0 Å². The number of nitrogens with zero attached hydrogens (tertiary/aromatic N) is 3. The molecule has 4 N–H and O–H groups in total. The van der Waals surface area contributed by atoms with E-state index in [0.717, 1.165) is 12.8 Å². The molecule has 1 aromatic carbocycles. The van der Waals surface area contributed by atoms with Crippen molar-refractivity contribution >= 4 is 62.8 Å². The summed E-state index contributed by atoms with van der Waals surface area (Å²) < 4.78 is 23.9. The number of amides is 3. The molecule has 7 atom stereocenters. The molecule has 17 heteroatoms. The number of benzene rings is 1. The number of carboxylic acids is 1. The lowest BCUT2D eigenvalue weighted by molar-refractivity contribution is -0.146. The summed E-state index contributed by atoms with van der Waals surface area (Å²) in [5.41, 5.74) is -0.893. The van der Waals surface area contributed by atoms with Gasteiger partial charge in [-0.05, 0) is 50.7 Å². The number of hydrogen-bond acceptors (Lipinski definition) is 12. The summed E-state index contributed by atoms with van der Waals surface area (Å²) in [4.78, 5) is 65.8. The van der Waals surface area contributed by atoms with Gasteiger partial charge in [0.15, 0.2) is 5.13 Å². The van der Waals surface area contributed by atoms with E-state index in [1.54, 1.807) is 18.2 Å². The minimum Gasteiger partial charge on any atom is -0.495 e. The predicted octanol–water partition coefficient (Wildman–Crippen LogP) is 6.19. The highest BCUT2D eigenvalue weighted by Crippen LogP contribution is 2.45. The molecule has 4 fully saturated rings. The zero-order valence-corrected chi connectivity index (χ0v) is 35.1. The van der Waals surface area contributed by atoms with Gasteiger partial charge in [-0.15, -0.1) is 17.9 Å². The normalized spacial score (nSPS) is 26.9. The van der Waals surface area contributed by atoms with Crippen LogP contribution >= 0.6 is 22.9 Å². The van der Waals surface area contributed by atoms with E-state index in [0.29, 0.717) is 51.8 Å². The van der Waals surface area contributed by atoms with E-state index in [2.05, 4.69) is 22.5 Å². The number of aromatic nitrogens is 2. The van der Waals surface area contributed by atoms with Crippen LogP contribution in [0.4, 0.5) is 9.93 Å². The maximum Gasteiger partial charge on any atom is 0.408 e. The molecule has 5 heterocycles. The Balaban J connectivity index is 1.20. The van der Waals surface area contributed by atoms with Crippen LogP contribution in [0.25, 0.3) is 22.3 Å². The standard InChI is InChI=1S/C41H51ClN6O9S/c1-8-21-17-41(21,37(51)52)47-35(49)29-15-25(18-48(29)36(50)34(40(4,5)6)46-39(53)57-24-13-22-9-10-23(14-24)55-22)56-31-16-27(28-19-58-38(45-28)43-20(2)3)44-33-26(31)11-12-30(54-7)32(33)42/h8,11-12,16,19-25,29,34H,1,9-10,13-15,17-18H2,2-7H3,(H,43,45)(H,46,53)(H,47,49)(H,51,52)/t21-,22?,23?,24?,25-,29+,34-,41-/m1/s1. The molecule has 0 spiro atoms. The number of carboxylic acid groups (broad SMARTS) is 1. The summed E-state index contributed by atoms with van der Waals surface area (Å²) in [6.07, 6.45) is 2.97. The van der Waals surface area contributed by atoms with Gasteiger partial charge in [-0.3, -0.25) is 9.59 Å². The molecule has 7 rings (SSSR count). The van der Waals surface area contributed by atoms with Crippen LogP contribution in [0.1, 0.15) is 73.1 Å². The first kappa shape index (κ1) is 41.5. The number of hydrogen-bond donors (Lipinski definition) is 4. The summed E-state index contributed by atoms with van der Waals surface area (Å²) in [6.45, 7) is 13.1. The zero-order chi connectivity index (χ0) is 41.7. The van der Waals surface area contributed by atoms with Gasteiger partial charge in [0.25, 0.3) is 0 Å². The van der Waals surface area contributed by atoms with Crippen molar-refractivity contribution in [2.24, 2.45) is 11.3 Å². The summed E-state index contributed by atoms with van der Waals surface area (Å²) in [7, 11) is 1.51. The monoisotopic (exact) mass is 838 g/mol. The smallest absolute Gasteiger partial charge is 0.408 e. The third kappa shape index (κ3) is 8.41. The molecular formula is C41H51ClN6O9S. The molecule has 1 aliphatic carbocycles. The van der Waals surface area contributed by atoms with Crippen LogP contribution in [0.2, 0.25) is 5.02 Å². The van der Waals surface area contributed by atoms with Crippen LogP contribution in [0, 0.1) is 11.3 Å². The number of methoxy groups -OCH3 is 1. The van der Waals surface area contributed by atoms with Crippen molar-refractivity contribution in [3.8, 4) is 22.9 Å². The maximum atomic E-state index is 14.7. The highest BCUT2D eigenvalue weighted by Gasteiger charge is 2.61. The van der Waals surface area contributed by atoms with E-state index in [-0.39, 0.29) is 48.8 Å². The van der Waals surface area contributed by atoms with E-state index in [4.69, 9.17) is 40.5 Å². The SMILES string of the molecule is C=C[C@@H]1C[C@]1(NC(=O)[C@@H]1C[C@@H](Oc2cc(-c3csc(NC(C)C)n3)nc3c(Cl)c(OC)ccc23)CN1C(=O)[C@@H](NC(=O)OC1CC2CCC(C1)O2)C(C)(C)C)C(=O)O. The molecule has 3 aliphatic heterocycles. The number of halogens is 1. The second-order valence-corrected chi connectivity index (χ2v) is 18.3. The van der Waals surface area contributed by atoms with Gasteiger partial charge < -0.3 is 44.9 Å². The summed E-state index contributed by atoms with van der Waals surface area (Å²) in [5, 5.41) is 22.4. The van der Waals surface area contributed by atoms with Gasteiger partial charge in [0.2, 0.25) is 11.8 Å². The number of aliphatic carboxylic acids is 1. The topological polar surface area (TPSA) is 191 Å². The van der Waals surface area contributed by atoms with Crippen LogP contribution in [-0.4, -0.2) is 106 Å². The number of nitrogens with one attached hydrogen (secondary N) is 3. The first-order valence-corrected chi connectivity index (χ1v) is 20.9. The Labute approximate surface area is 346 Å². The number of likely N-dealkylation sites (tertiary alicyclic amines) is 1. The zero-order valence-electron chi connectivity index (χ0n) is 33.5. The molecule has 3 aromatic rings. The van der Waals surface area contributed by atoms with Crippen molar-refractivity contribution in [3.63, 3.8) is 0 Å². The van der Waals surface area contributed by atoms with E-state index in [1.165, 1.54) is 29.4 Å². The molecule has 312 valence electrons. The molecule has 58 heavy (non-hydrogen) atoms. The number of carbonyl (C=O) groups excluding carboxylic acids is 3. The van der Waals surface area contributed by atoms with E-state index >= 15 is 0 Å². The second kappa shape index (κ2) is 16.2. The van der Waals surface area contributed by atoms with Crippen molar-refractivity contribution in [2.45, 2.75) is 121 Å². The van der Waals surface area contributed by atoms with Gasteiger partial charge in [-0.25, -0.2) is 19.6 Å². The molecule has 2 aromatic heterocycles. The highest BCUT2D eigenvalue weighted by molar-refractivity contribution is 7.14. The van der Waals surface area contributed by atoms with Crippen LogP contribution in [0.15, 0.2) is 36.2 Å². The predicted molar refractivity (Wildman–Crippen MR) is 218 cm³/mol. The van der Waals surface area contributed by atoms with Crippen molar-refractivity contribution < 1.29 is 43.2 Å². The van der Waals surface area contributed by atoms with Crippen molar-refractivity contribution in [2.75, 3.05) is 19.0 Å². The first-order valence-electron chi connectivity index (χ1n) is 19.7. The molecular weight excluding hydrogens is 788 g/mol. The van der Waals surface area contributed by atoms with Crippen LogP contribution < -0.4 is 25.4 Å². The number of alkyl carbamates (subject to hydrolysis) is 1. The Morgan fingerprint density at radius 3 is 2.43 bits per heavy atom. The number of ether oxygens (including phenoxy) is 4. The lowest BCUT2D eigenvalue weighted by Gasteiger charge is -2.36. The summed E-state index contributed by atoms with van der Waals surface area (Å²) in [5.74, 6) is -2.07. The number of rotatable bonds is 13. The summed E-state index contributed by atoms with van der Waals surface area (Å²) in [6, 6.07) is 3.12. The van der Waals surface area contributed by atoms with Crippen molar-refractivity contribution in [1.29, 1.82) is 0 Å². The van der Waals surface area contributed by atoms with Crippen LogP contribution in [0.3, 0.4) is 0 Å². The number of pyridine rings is 1. The van der Waals surface area contributed by atoms with Gasteiger partial charge in [-0.1, -0.05) is 38.4 Å². The van der Waals surface area contributed by atoms with E-state index in [9.17, 15) is 24.3 Å². The minimum atomic E-state index is -1.54. The highest BCUT2D eigenvalue weighted by atomic mass is 35.5. The lowest BCUT2D eigenvalue weighted by atomic mass is 9.85. The Hall–Kier alpha value is -4.67. The van der Waals surface area contributed by atoms with Gasteiger partial charge in [-0.2, -0.15) is 0 Å². The summed E-state index contributed by atoms with van der Waals surface area (Å²) >= 11 is 8.25. The van der Waals surface area contributed by atoms with E-state index < -0.39 is 58.9 Å². The molecule has 4 aliphatic rings. The lowest BCUT2D eigenvalue weighted by Crippen LogP contribution is -2.59. The molecule has 1 saturated carbocycles. The fourth-order valence-electron chi connectivity index (χ4n) is 8.20. The Kier molecular flexibility index (Phi) is 11.6. The van der Waals surface area contributed by atoms with Crippen molar-refractivity contribution in [3.05, 3.63) is 41.3 Å². The third-order valence-electron chi connectivity index (χ3n) is 11.3. The average molecular weight is 839 g/mol. The minimum absolute atomic E-state index is 0.0143. The Morgan fingerprint density at radius 2 is 1.81 bits per heavy atom. The van der Waals surface area contributed by atoms with Crippen LogP contribution in [-0.2, 0) is 23.9 Å². The van der Waals surface area contributed by atoms with Gasteiger partial charge in [0, 0.05) is 48.1 Å². The number of anilines is 1. The largest absolute Gasteiger partial charge is 0.495 e. The average Bonchev–Trinajstić information content (AvgIpc) is 3.42. The second-order valence-electron chi connectivity index (χ2n) is 17.0. The molecule has 2 bridgehead atoms. The van der Waals surface area contributed by atoms with Crippen LogP contribution in [0.5, 0.6) is 11.5 Å². The number of carbonyl (C=O) groups is 4. The molecule has 2 unspecified atom stereocenters. The number of thiazole rings is 1. The van der Waals surface area contributed by atoms with Gasteiger partial charge in [0.05, 0.1) is 37.1 Å². The molecule has 3 amide bonds. The Bertz CT molecular complexity index is 2090. The third-order valence-corrected chi connectivity index (χ3v) is 12.4. The Morgan fingerprint density at radius 1 is 1.09 bits per heavy atom. The maximum absolute atomic E-state index is 14.7. The molecule has 0 radical (unpaired) electrons.